The van der Waals surface area contributed by atoms with Crippen LogP contribution in [0, 0.1) is 0 Å². The Bertz CT molecular complexity index is 3200. The summed E-state index contributed by atoms with van der Waals surface area (Å²) in [6.45, 7) is 49.2. The Morgan fingerprint density at radius 2 is 0.407 bits per heavy atom. The van der Waals surface area contributed by atoms with Gasteiger partial charge in [0.1, 0.15) is 86.7 Å². The molecule has 0 fully saturated rings. The molecule has 0 aliphatic rings. The van der Waals surface area contributed by atoms with Gasteiger partial charge in [-0.3, -0.25) is 14.4 Å². The van der Waals surface area contributed by atoms with Crippen molar-refractivity contribution < 1.29 is 134 Å². The van der Waals surface area contributed by atoms with Gasteiger partial charge in [0, 0.05) is 39.3 Å². The molecule has 0 heterocycles. The van der Waals surface area contributed by atoms with Crippen LogP contribution >= 0.6 is 0 Å². The fourth-order valence-electron chi connectivity index (χ4n) is 9.49. The molecule has 6 unspecified atom stereocenters. The molecular weight excluding hydrogens is 1610 g/mol. The smallest absolute Gasteiger partial charge is 0.408 e. The minimum absolute atomic E-state index is 0.121. The summed E-state index contributed by atoms with van der Waals surface area (Å²) in [5.74, 6) is -4.61. The zero-order chi connectivity index (χ0) is 96.2. The maximum absolute atomic E-state index is 13.2. The second-order valence-electron chi connectivity index (χ2n) is 37.6. The number of unbranched alkanes of at least 4 members (excludes halogenated alkanes) is 6. The third-order valence-electron chi connectivity index (χ3n) is 14.5. The maximum atomic E-state index is 13.2. The maximum Gasteiger partial charge on any atom is 0.408 e. The molecule has 0 aromatic rings. The van der Waals surface area contributed by atoms with E-state index in [1.165, 1.54) is 14.2 Å². The number of alkyl carbamates (subject to hydrolysis) is 9. The van der Waals surface area contributed by atoms with Gasteiger partial charge in [0.05, 0.1) is 14.2 Å². The Morgan fingerprint density at radius 3 is 0.610 bits per heavy atom. The average Bonchev–Trinajstić information content (AvgIpc) is 0.883. The quantitative estimate of drug-likeness (QED) is 0.0154. The van der Waals surface area contributed by atoms with E-state index in [-0.39, 0.29) is 38.6 Å². The molecular formula is C83H156N12O28. The van der Waals surface area contributed by atoms with Gasteiger partial charge in [-0.1, -0.05) is 0 Å². The molecule has 0 aliphatic heterocycles. The molecule has 716 valence electrons. The van der Waals surface area contributed by atoms with E-state index in [9.17, 15) is 77.0 Å². The van der Waals surface area contributed by atoms with Crippen LogP contribution in [0.25, 0.3) is 0 Å². The Morgan fingerprint density at radius 1 is 0.236 bits per heavy atom. The molecule has 15 N–H and O–H groups in total. The molecule has 40 heteroatoms. The minimum Gasteiger partial charge on any atom is -0.480 e. The lowest BCUT2D eigenvalue weighted by Gasteiger charge is -2.25. The van der Waals surface area contributed by atoms with Gasteiger partial charge >= 0.3 is 78.7 Å². The zero-order valence-electron chi connectivity index (χ0n) is 79.0. The van der Waals surface area contributed by atoms with Crippen molar-refractivity contribution in [2.24, 2.45) is 5.73 Å². The van der Waals surface area contributed by atoms with Crippen LogP contribution in [0.5, 0.6) is 0 Å². The summed E-state index contributed by atoms with van der Waals surface area (Å²) in [6.07, 6.45) is 2.52. The summed E-state index contributed by atoms with van der Waals surface area (Å²) in [6, 6.07) is -5.80. The molecule has 0 aliphatic carbocycles. The van der Waals surface area contributed by atoms with Gasteiger partial charge in [-0.2, -0.15) is 0 Å². The molecule has 6 atom stereocenters. The highest BCUT2D eigenvalue weighted by atomic mass is 16.6. The SMILES string of the molecule is CC(C)(C)OC(=O)NCCCCC(NC(=O)C(CCCCNC(=O)OC(C)(C)C)NC(=O)OC(C)(C)C)C(=O)O.CC(C)(C)OC(=O)NCCCCC(NC(=O)OC(C)(C)C)C(=O)O.COC(=O)C(CCCCNC(=O)OC(C)(C)C)NC(=O)C(CCCCNC(=O)OC(C)(C)C)NC(=O)OC(C)(C)C.COC(=O)C(N)CCCCNC(=O)OC(C)(C)C. The second-order valence-corrected chi connectivity index (χ2v) is 37.6. The number of carboxylic acid groups (broad SMARTS) is 2. The third-order valence-corrected chi connectivity index (χ3v) is 14.5. The summed E-state index contributed by atoms with van der Waals surface area (Å²) < 4.78 is 55.8. The Kier molecular flexibility index (Phi) is 57.4. The number of carbonyl (C=O) groups is 15. The van der Waals surface area contributed by atoms with Crippen molar-refractivity contribution in [2.45, 2.75) is 389 Å². The van der Waals surface area contributed by atoms with Gasteiger partial charge in [0.25, 0.3) is 0 Å². The lowest BCUT2D eigenvalue weighted by atomic mass is 10.1. The average molecular weight is 1770 g/mol. The fourth-order valence-corrected chi connectivity index (χ4v) is 9.49. The highest BCUT2D eigenvalue weighted by molar-refractivity contribution is 5.90. The first-order valence-corrected chi connectivity index (χ1v) is 41.7. The van der Waals surface area contributed by atoms with Crippen molar-refractivity contribution in [2.75, 3.05) is 53.5 Å². The fraction of sp³-hybridized carbons (Fsp3) is 0.819. The molecule has 0 bridgehead atoms. The topological polar surface area (TPSA) is 556 Å². The summed E-state index contributed by atoms with van der Waals surface area (Å²) >= 11 is 0. The number of rotatable bonds is 41. The summed E-state index contributed by atoms with van der Waals surface area (Å²) in [4.78, 5) is 179. The van der Waals surface area contributed by atoms with E-state index in [0.29, 0.717) is 103 Å². The largest absolute Gasteiger partial charge is 0.480 e. The highest BCUT2D eigenvalue weighted by Crippen LogP contribution is 2.17. The van der Waals surface area contributed by atoms with E-state index in [1.807, 2.05) is 20.8 Å². The van der Waals surface area contributed by atoms with E-state index in [4.69, 9.17) is 58.2 Å². The summed E-state index contributed by atoms with van der Waals surface area (Å²) in [5, 5.41) is 47.1. The van der Waals surface area contributed by atoms with Crippen LogP contribution in [0.2, 0.25) is 0 Å². The van der Waals surface area contributed by atoms with Gasteiger partial charge in [-0.05, 0) is 303 Å². The highest BCUT2D eigenvalue weighted by Gasteiger charge is 2.33. The van der Waals surface area contributed by atoms with Gasteiger partial charge in [0.2, 0.25) is 11.8 Å². The third kappa shape index (κ3) is 79.2. The molecule has 0 aromatic carbocycles. The van der Waals surface area contributed by atoms with Crippen molar-refractivity contribution in [3.63, 3.8) is 0 Å². The zero-order valence-corrected chi connectivity index (χ0v) is 79.0. The number of ether oxygens (including phenoxy) is 11. The Labute approximate surface area is 728 Å². The van der Waals surface area contributed by atoms with Crippen LogP contribution in [0.1, 0.15) is 303 Å². The van der Waals surface area contributed by atoms with Crippen molar-refractivity contribution >= 4 is 90.5 Å². The van der Waals surface area contributed by atoms with E-state index < -0.39 is 177 Å². The lowest BCUT2D eigenvalue weighted by molar-refractivity contribution is -0.145. The van der Waals surface area contributed by atoms with Crippen LogP contribution in [-0.4, -0.2) is 241 Å². The van der Waals surface area contributed by atoms with E-state index in [1.54, 1.807) is 166 Å². The van der Waals surface area contributed by atoms with Crippen LogP contribution in [0.3, 0.4) is 0 Å². The van der Waals surface area contributed by atoms with Gasteiger partial charge < -0.3 is 127 Å². The number of esters is 2. The van der Waals surface area contributed by atoms with Gasteiger partial charge in [-0.15, -0.1) is 0 Å². The number of aliphatic carboxylic acids is 2. The van der Waals surface area contributed by atoms with Crippen molar-refractivity contribution in [3.8, 4) is 0 Å². The number of nitrogens with two attached hydrogens (primary N) is 1. The lowest BCUT2D eigenvalue weighted by Crippen LogP contribution is -2.52. The van der Waals surface area contributed by atoms with Gasteiger partial charge in [-0.25, -0.2) is 57.5 Å². The number of methoxy groups -OCH3 is 2. The number of hydrogen-bond donors (Lipinski definition) is 14. The standard InChI is InChI=1S/C28H52N4O9.C27H50N4O9.C16H30N2O6.C12H24N2O4/c1-26(2,3)39-23(35)29-17-13-11-15-19(32-25(37)41-28(7,8)9)21(33)31-20(22(34)38-10)16-12-14-18-30-24(36)40-27(4,5)6;1-25(2,3)38-22(35)28-16-12-10-14-18(31-24(37)40-27(7,8)9)20(32)30-19(21(33)34)15-11-13-17-29-23(36)39-26(4,5)6;1-15(2,3)23-13(21)17-10-8-7-9-11(12(19)20)18-14(22)24-16(4,5)6;1-12(2,3)18-11(16)14-8-6-5-7-9(13)10(15)17-4/h19-20H,11-18H2,1-10H3,(H,29,35)(H,30,36)(H,31,33)(H,32,37);18-19H,10-17H2,1-9H3,(H,28,35)(H,29,36)(H,30,32)(H,31,37)(H,33,34);11H,7-10H2,1-6H3,(H,17,21)(H,18,22)(H,19,20);9H,5-8,13H2,1-4H3,(H,14,16). The number of nitrogens with one attached hydrogen (secondary N) is 11. The molecule has 40 nitrogen and oxygen atoms in total. The summed E-state index contributed by atoms with van der Waals surface area (Å²) in [5.41, 5.74) is -0.211. The first kappa shape index (κ1) is 120. The van der Waals surface area contributed by atoms with Crippen molar-refractivity contribution in [3.05, 3.63) is 0 Å². The van der Waals surface area contributed by atoms with E-state index >= 15 is 0 Å². The Hall–Kier alpha value is -9.79. The van der Waals surface area contributed by atoms with E-state index in [2.05, 4.69) is 63.2 Å². The predicted octanol–water partition coefficient (Wildman–Crippen LogP) is 11.6. The van der Waals surface area contributed by atoms with E-state index in [0.717, 1.165) is 12.8 Å². The van der Waals surface area contributed by atoms with Crippen molar-refractivity contribution in [1.82, 2.24) is 58.5 Å². The minimum atomic E-state index is -1.22. The first-order valence-electron chi connectivity index (χ1n) is 41.7. The molecule has 0 saturated carbocycles. The van der Waals surface area contributed by atoms with Crippen LogP contribution in [0.4, 0.5) is 43.2 Å². The predicted molar refractivity (Wildman–Crippen MR) is 459 cm³/mol. The molecule has 0 saturated heterocycles. The number of amides is 11. The molecule has 0 radical (unpaired) electrons. The second kappa shape index (κ2) is 59.1. The van der Waals surface area contributed by atoms with Gasteiger partial charge in [0.15, 0.2) is 0 Å². The Balaban J connectivity index is -0.000000804. The normalized spacial score (nSPS) is 13.1. The van der Waals surface area contributed by atoms with Crippen molar-refractivity contribution in [1.29, 1.82) is 0 Å². The summed E-state index contributed by atoms with van der Waals surface area (Å²) in [7, 11) is 2.53. The van der Waals surface area contributed by atoms with Crippen LogP contribution in [-0.2, 0) is 80.9 Å². The first-order chi connectivity index (χ1) is 56.0. The molecule has 11 amide bonds. The van der Waals surface area contributed by atoms with Crippen LogP contribution in [0.15, 0.2) is 0 Å². The monoisotopic (exact) mass is 1770 g/mol. The molecule has 0 aromatic heterocycles. The number of carbonyl (C=O) groups excluding carboxylic acids is 13. The molecule has 0 rings (SSSR count). The number of hydrogen-bond acceptors (Lipinski definition) is 27. The van der Waals surface area contributed by atoms with Crippen LogP contribution < -0.4 is 64.2 Å². The molecule has 123 heavy (non-hydrogen) atoms. The number of carboxylic acids is 2. The molecule has 0 spiro atoms.